The minimum atomic E-state index is 0.427. The third-order valence-corrected chi connectivity index (χ3v) is 3.77. The molecule has 4 nitrogen and oxygen atoms in total. The first-order chi connectivity index (χ1) is 6.61. The van der Waals surface area contributed by atoms with E-state index < -0.39 is 0 Å². The fourth-order valence-electron chi connectivity index (χ4n) is 2.34. The van der Waals surface area contributed by atoms with Gasteiger partial charge in [0, 0.05) is 6.04 Å². The zero-order valence-corrected chi connectivity index (χ0v) is 9.34. The van der Waals surface area contributed by atoms with Gasteiger partial charge in [-0.1, -0.05) is 13.8 Å². The van der Waals surface area contributed by atoms with E-state index in [4.69, 9.17) is 18.0 Å². The highest BCUT2D eigenvalue weighted by molar-refractivity contribution is 7.71. The Bertz CT molecular complexity index is 380. The zero-order chi connectivity index (χ0) is 10.3. The highest BCUT2D eigenvalue weighted by atomic mass is 32.1. The zero-order valence-electron chi connectivity index (χ0n) is 8.53. The third kappa shape index (κ3) is 1.35. The van der Waals surface area contributed by atoms with Gasteiger partial charge in [-0.2, -0.15) is 0 Å². The van der Waals surface area contributed by atoms with E-state index in [9.17, 15) is 0 Å². The van der Waals surface area contributed by atoms with E-state index in [1.54, 1.807) is 0 Å². The first-order valence-corrected chi connectivity index (χ1v) is 5.44. The smallest absolute Gasteiger partial charge is 0.220 e. The molecule has 0 aliphatic heterocycles. The predicted octanol–water partition coefficient (Wildman–Crippen LogP) is 2.13. The number of nitrogens with two attached hydrogens (primary N) is 1. The van der Waals surface area contributed by atoms with Gasteiger partial charge in [0.25, 0.3) is 0 Å². The Morgan fingerprint density at radius 1 is 1.50 bits per heavy atom. The first-order valence-electron chi connectivity index (χ1n) is 5.03. The van der Waals surface area contributed by atoms with Crippen molar-refractivity contribution in [3.05, 3.63) is 4.77 Å². The summed E-state index contributed by atoms with van der Waals surface area (Å²) in [6.45, 7) is 4.54. The molecule has 0 radical (unpaired) electrons. The number of H-pyrrole nitrogens is 1. The van der Waals surface area contributed by atoms with E-state index in [0.29, 0.717) is 22.7 Å². The molecule has 2 rings (SSSR count). The standard InChI is InChI=1S/C9H16N4S/c1-5-3-4-7(6(5)2)13-8(10)11-12-9(13)14/h5-7H,3-4H2,1-2H3,(H2,10,11)(H,12,14). The van der Waals surface area contributed by atoms with Crippen LogP contribution in [-0.2, 0) is 0 Å². The van der Waals surface area contributed by atoms with Crippen LogP contribution in [0.5, 0.6) is 0 Å². The average Bonchev–Trinajstić information content (AvgIpc) is 2.62. The molecule has 14 heavy (non-hydrogen) atoms. The van der Waals surface area contributed by atoms with Crippen molar-refractivity contribution in [1.29, 1.82) is 0 Å². The lowest BCUT2D eigenvalue weighted by molar-refractivity contribution is 0.353. The molecule has 0 amide bonds. The van der Waals surface area contributed by atoms with Gasteiger partial charge < -0.3 is 5.73 Å². The lowest BCUT2D eigenvalue weighted by atomic mass is 9.98. The summed E-state index contributed by atoms with van der Waals surface area (Å²) in [5.41, 5.74) is 5.78. The van der Waals surface area contributed by atoms with Gasteiger partial charge in [-0.05, 0) is 36.9 Å². The van der Waals surface area contributed by atoms with Crippen LogP contribution in [-0.4, -0.2) is 14.8 Å². The van der Waals surface area contributed by atoms with Gasteiger partial charge in [0.15, 0.2) is 4.77 Å². The van der Waals surface area contributed by atoms with Crippen LogP contribution in [0.15, 0.2) is 0 Å². The summed E-state index contributed by atoms with van der Waals surface area (Å²) in [4.78, 5) is 0. The molecule has 1 saturated carbocycles. The predicted molar refractivity (Wildman–Crippen MR) is 58.4 cm³/mol. The summed E-state index contributed by atoms with van der Waals surface area (Å²) < 4.78 is 2.61. The van der Waals surface area contributed by atoms with Gasteiger partial charge in [0.1, 0.15) is 0 Å². The summed E-state index contributed by atoms with van der Waals surface area (Å²) >= 11 is 5.17. The van der Waals surface area contributed by atoms with Gasteiger partial charge in [-0.3, -0.25) is 4.57 Å². The lowest BCUT2D eigenvalue weighted by Gasteiger charge is -2.19. The number of hydrogen-bond donors (Lipinski definition) is 2. The van der Waals surface area contributed by atoms with E-state index in [1.807, 2.05) is 4.57 Å². The largest absolute Gasteiger partial charge is 0.368 e. The SMILES string of the molecule is CC1CCC(n2c(N)n[nH]c2=S)C1C. The molecular formula is C9H16N4S. The van der Waals surface area contributed by atoms with Crippen molar-refractivity contribution in [3.8, 4) is 0 Å². The molecule has 3 atom stereocenters. The van der Waals surface area contributed by atoms with Crippen LogP contribution in [0.1, 0.15) is 32.7 Å². The number of rotatable bonds is 1. The van der Waals surface area contributed by atoms with Crippen LogP contribution in [0.4, 0.5) is 5.95 Å². The van der Waals surface area contributed by atoms with Crippen LogP contribution in [0.25, 0.3) is 0 Å². The van der Waals surface area contributed by atoms with Gasteiger partial charge in [-0.15, -0.1) is 5.10 Å². The Kier molecular flexibility index (Phi) is 2.34. The maximum Gasteiger partial charge on any atom is 0.220 e. The molecule has 1 aliphatic carbocycles. The normalized spacial score (nSPS) is 32.3. The van der Waals surface area contributed by atoms with E-state index in [1.165, 1.54) is 6.42 Å². The van der Waals surface area contributed by atoms with Crippen molar-refractivity contribution in [2.24, 2.45) is 11.8 Å². The Labute approximate surface area is 88.5 Å². The number of aromatic amines is 1. The summed E-state index contributed by atoms with van der Waals surface area (Å²) in [7, 11) is 0. The topological polar surface area (TPSA) is 59.6 Å². The highest BCUT2D eigenvalue weighted by Gasteiger charge is 2.32. The molecule has 0 saturated heterocycles. The number of hydrogen-bond acceptors (Lipinski definition) is 3. The minimum absolute atomic E-state index is 0.427. The van der Waals surface area contributed by atoms with Crippen molar-refractivity contribution in [1.82, 2.24) is 14.8 Å². The van der Waals surface area contributed by atoms with Crippen molar-refractivity contribution in [2.45, 2.75) is 32.7 Å². The average molecular weight is 212 g/mol. The van der Waals surface area contributed by atoms with Crippen LogP contribution >= 0.6 is 12.2 Å². The quantitative estimate of drug-likeness (QED) is 0.701. The van der Waals surface area contributed by atoms with Crippen LogP contribution < -0.4 is 5.73 Å². The summed E-state index contributed by atoms with van der Waals surface area (Å²) in [6, 6.07) is 0.427. The fraction of sp³-hybridized carbons (Fsp3) is 0.778. The summed E-state index contributed by atoms with van der Waals surface area (Å²) in [5.74, 6) is 1.89. The number of aromatic nitrogens is 3. The van der Waals surface area contributed by atoms with Crippen molar-refractivity contribution >= 4 is 18.2 Å². The molecule has 3 N–H and O–H groups in total. The molecule has 0 aromatic carbocycles. The van der Waals surface area contributed by atoms with Crippen LogP contribution in [0.3, 0.4) is 0 Å². The van der Waals surface area contributed by atoms with E-state index in [2.05, 4.69) is 24.0 Å². The Balaban J connectivity index is 2.37. The van der Waals surface area contributed by atoms with Gasteiger partial charge >= 0.3 is 0 Å². The summed E-state index contributed by atoms with van der Waals surface area (Å²) in [5, 5.41) is 6.68. The Hall–Kier alpha value is -0.840. The third-order valence-electron chi connectivity index (χ3n) is 3.49. The molecule has 5 heteroatoms. The second kappa shape index (κ2) is 3.38. The Morgan fingerprint density at radius 3 is 2.64 bits per heavy atom. The molecule has 1 aromatic heterocycles. The van der Waals surface area contributed by atoms with Gasteiger partial charge in [-0.25, -0.2) is 5.10 Å². The van der Waals surface area contributed by atoms with Crippen molar-refractivity contribution < 1.29 is 0 Å². The Morgan fingerprint density at radius 2 is 2.21 bits per heavy atom. The molecule has 78 valence electrons. The summed E-state index contributed by atoms with van der Waals surface area (Å²) in [6.07, 6.45) is 2.40. The second-order valence-electron chi connectivity index (χ2n) is 4.24. The first kappa shape index (κ1) is 9.71. The molecule has 0 spiro atoms. The monoisotopic (exact) mass is 212 g/mol. The molecule has 3 unspecified atom stereocenters. The van der Waals surface area contributed by atoms with Crippen LogP contribution in [0.2, 0.25) is 0 Å². The highest BCUT2D eigenvalue weighted by Crippen LogP contribution is 2.40. The number of nitrogens with one attached hydrogen (secondary N) is 1. The van der Waals surface area contributed by atoms with Crippen molar-refractivity contribution in [2.75, 3.05) is 5.73 Å². The molecule has 1 aliphatic rings. The lowest BCUT2D eigenvalue weighted by Crippen LogP contribution is -2.16. The van der Waals surface area contributed by atoms with E-state index >= 15 is 0 Å². The van der Waals surface area contributed by atoms with E-state index in [-0.39, 0.29) is 0 Å². The maximum atomic E-state index is 5.78. The molecule has 0 bridgehead atoms. The van der Waals surface area contributed by atoms with Crippen molar-refractivity contribution in [3.63, 3.8) is 0 Å². The minimum Gasteiger partial charge on any atom is -0.368 e. The van der Waals surface area contributed by atoms with Gasteiger partial charge in [0.05, 0.1) is 0 Å². The molecule has 1 fully saturated rings. The molecular weight excluding hydrogens is 196 g/mol. The van der Waals surface area contributed by atoms with Crippen LogP contribution in [0, 0.1) is 16.6 Å². The fourth-order valence-corrected chi connectivity index (χ4v) is 2.61. The number of anilines is 1. The van der Waals surface area contributed by atoms with E-state index in [0.717, 1.165) is 12.3 Å². The molecule has 1 heterocycles. The number of nitrogens with zero attached hydrogens (tertiary/aromatic N) is 2. The number of nitrogen functional groups attached to an aromatic ring is 1. The molecule has 1 aromatic rings. The second-order valence-corrected chi connectivity index (χ2v) is 4.62. The maximum absolute atomic E-state index is 5.78. The van der Waals surface area contributed by atoms with Gasteiger partial charge in [0.2, 0.25) is 5.95 Å².